The lowest BCUT2D eigenvalue weighted by molar-refractivity contribution is 0.112. The predicted molar refractivity (Wildman–Crippen MR) is 91.8 cm³/mol. The van der Waals surface area contributed by atoms with Gasteiger partial charge in [-0.2, -0.15) is 0 Å². The summed E-state index contributed by atoms with van der Waals surface area (Å²) in [6, 6.07) is 18.7. The molecule has 1 unspecified atom stereocenters. The van der Waals surface area contributed by atoms with Crippen molar-refractivity contribution >= 4 is 0 Å². The van der Waals surface area contributed by atoms with Gasteiger partial charge in [-0.1, -0.05) is 42.5 Å². The van der Waals surface area contributed by atoms with E-state index in [1.165, 1.54) is 11.1 Å². The van der Waals surface area contributed by atoms with Crippen molar-refractivity contribution in [3.8, 4) is 16.9 Å². The van der Waals surface area contributed by atoms with Crippen LogP contribution in [0, 0.1) is 0 Å². The van der Waals surface area contributed by atoms with Gasteiger partial charge in [0.05, 0.1) is 19.8 Å². The highest BCUT2D eigenvalue weighted by Gasteiger charge is 2.21. The van der Waals surface area contributed by atoms with Crippen LogP contribution in [0.2, 0.25) is 0 Å². The molecular weight excluding hydrogens is 288 g/mol. The Labute approximate surface area is 138 Å². The summed E-state index contributed by atoms with van der Waals surface area (Å²) in [5.41, 5.74) is 2.45. The van der Waals surface area contributed by atoms with Crippen molar-refractivity contribution < 1.29 is 14.2 Å². The molecule has 0 amide bonds. The summed E-state index contributed by atoms with van der Waals surface area (Å²) in [7, 11) is 0. The van der Waals surface area contributed by atoms with E-state index < -0.39 is 0 Å². The van der Waals surface area contributed by atoms with Gasteiger partial charge in [0.15, 0.2) is 0 Å². The Morgan fingerprint density at radius 2 is 1.52 bits per heavy atom. The second kappa shape index (κ2) is 8.70. The maximum atomic E-state index is 5.79. The van der Waals surface area contributed by atoms with Crippen LogP contribution in [0.5, 0.6) is 5.75 Å². The first kappa shape index (κ1) is 16.0. The number of benzene rings is 2. The molecule has 0 aromatic heterocycles. The molecule has 1 atom stereocenters. The van der Waals surface area contributed by atoms with Crippen molar-refractivity contribution in [2.45, 2.75) is 25.4 Å². The topological polar surface area (TPSA) is 31.0 Å². The van der Waals surface area contributed by atoms with E-state index in [0.29, 0.717) is 6.10 Å². The Morgan fingerprint density at radius 1 is 0.826 bits per heavy atom. The normalized spacial score (nSPS) is 16.3. The van der Waals surface area contributed by atoms with Gasteiger partial charge in [0.2, 0.25) is 0 Å². The molecule has 3 rings (SSSR count). The smallest absolute Gasteiger partial charge is 0.119 e. The summed E-state index contributed by atoms with van der Waals surface area (Å²) in [4.78, 5) is 0. The monoisotopic (exact) mass is 312 g/mol. The fraction of sp³-hybridized carbons (Fsp3) is 0.400. The Bertz CT molecular complexity index is 561. The van der Waals surface area contributed by atoms with Crippen molar-refractivity contribution in [2.75, 3.05) is 26.4 Å². The number of ether oxygens (including phenoxy) is 3. The van der Waals surface area contributed by atoms with E-state index in [1.54, 1.807) is 0 Å². The molecule has 2 aromatic rings. The number of hydrogen-bond donors (Lipinski definition) is 0. The molecule has 23 heavy (non-hydrogen) atoms. The van der Waals surface area contributed by atoms with Gasteiger partial charge >= 0.3 is 0 Å². The minimum atomic E-state index is 0.372. The number of rotatable bonds is 10. The van der Waals surface area contributed by atoms with Gasteiger partial charge in [0.1, 0.15) is 11.9 Å². The molecule has 1 saturated heterocycles. The van der Waals surface area contributed by atoms with E-state index in [4.69, 9.17) is 14.2 Å². The third-order valence-corrected chi connectivity index (χ3v) is 3.87. The summed E-state index contributed by atoms with van der Waals surface area (Å²) < 4.78 is 16.4. The number of epoxide rings is 1. The molecule has 0 radical (unpaired) electrons. The van der Waals surface area contributed by atoms with E-state index >= 15 is 0 Å². The van der Waals surface area contributed by atoms with Gasteiger partial charge in [-0.05, 0) is 42.5 Å². The molecule has 3 heteroatoms. The van der Waals surface area contributed by atoms with Gasteiger partial charge in [-0.25, -0.2) is 0 Å². The molecule has 1 aliphatic rings. The van der Waals surface area contributed by atoms with Gasteiger partial charge in [0.25, 0.3) is 0 Å². The third-order valence-electron chi connectivity index (χ3n) is 3.87. The second-order valence-electron chi connectivity index (χ2n) is 5.83. The number of unbranched alkanes of at least 4 members (excludes halogenated alkanes) is 2. The lowest BCUT2D eigenvalue weighted by atomic mass is 10.1. The zero-order chi connectivity index (χ0) is 15.7. The SMILES string of the molecule is c1ccc(-c2ccc(OCCCCCOCC3CO3)cc2)cc1. The van der Waals surface area contributed by atoms with Gasteiger partial charge in [0, 0.05) is 6.61 Å². The Kier molecular flexibility index (Phi) is 6.07. The molecule has 122 valence electrons. The van der Waals surface area contributed by atoms with Crippen LogP contribution >= 0.6 is 0 Å². The van der Waals surface area contributed by atoms with E-state index in [2.05, 4.69) is 36.4 Å². The van der Waals surface area contributed by atoms with Gasteiger partial charge in [-0.3, -0.25) is 0 Å². The van der Waals surface area contributed by atoms with E-state index in [9.17, 15) is 0 Å². The third kappa shape index (κ3) is 5.70. The minimum absolute atomic E-state index is 0.372. The quantitative estimate of drug-likeness (QED) is 0.483. The van der Waals surface area contributed by atoms with Crippen LogP contribution in [0.15, 0.2) is 54.6 Å². The maximum absolute atomic E-state index is 5.79. The molecule has 1 heterocycles. The lowest BCUT2D eigenvalue weighted by Gasteiger charge is -2.08. The summed E-state index contributed by atoms with van der Waals surface area (Å²) in [6.45, 7) is 3.21. The number of hydrogen-bond acceptors (Lipinski definition) is 3. The second-order valence-corrected chi connectivity index (χ2v) is 5.83. The summed E-state index contributed by atoms with van der Waals surface area (Å²) in [5, 5.41) is 0. The zero-order valence-corrected chi connectivity index (χ0v) is 13.4. The molecule has 0 aliphatic carbocycles. The van der Waals surface area contributed by atoms with Crippen LogP contribution < -0.4 is 4.74 Å². The van der Waals surface area contributed by atoms with E-state index in [-0.39, 0.29) is 0 Å². The highest BCUT2D eigenvalue weighted by molar-refractivity contribution is 5.63. The van der Waals surface area contributed by atoms with Gasteiger partial charge in [-0.15, -0.1) is 0 Å². The van der Waals surface area contributed by atoms with Crippen LogP contribution in [-0.4, -0.2) is 32.5 Å². The van der Waals surface area contributed by atoms with Crippen LogP contribution in [0.4, 0.5) is 0 Å². The van der Waals surface area contributed by atoms with Crippen LogP contribution in [0.3, 0.4) is 0 Å². The Morgan fingerprint density at radius 3 is 2.26 bits per heavy atom. The minimum Gasteiger partial charge on any atom is -0.494 e. The maximum Gasteiger partial charge on any atom is 0.119 e. The highest BCUT2D eigenvalue weighted by atomic mass is 16.6. The first-order chi connectivity index (χ1) is 11.4. The molecular formula is C20H24O3. The first-order valence-corrected chi connectivity index (χ1v) is 8.39. The van der Waals surface area contributed by atoms with Crippen molar-refractivity contribution in [3.63, 3.8) is 0 Å². The van der Waals surface area contributed by atoms with Gasteiger partial charge < -0.3 is 14.2 Å². The largest absolute Gasteiger partial charge is 0.494 e. The molecule has 0 spiro atoms. The fourth-order valence-electron chi connectivity index (χ4n) is 2.43. The molecule has 1 fully saturated rings. The van der Waals surface area contributed by atoms with Crippen molar-refractivity contribution in [1.29, 1.82) is 0 Å². The van der Waals surface area contributed by atoms with E-state index in [1.807, 2.05) is 18.2 Å². The predicted octanol–water partition coefficient (Wildman–Crippen LogP) is 4.32. The molecule has 0 saturated carbocycles. The van der Waals surface area contributed by atoms with E-state index in [0.717, 1.165) is 51.4 Å². The Balaban J connectivity index is 1.29. The fourth-order valence-corrected chi connectivity index (χ4v) is 2.43. The summed E-state index contributed by atoms with van der Waals surface area (Å²) in [5.74, 6) is 0.937. The highest BCUT2D eigenvalue weighted by Crippen LogP contribution is 2.22. The summed E-state index contributed by atoms with van der Waals surface area (Å²) >= 11 is 0. The lowest BCUT2D eigenvalue weighted by Crippen LogP contribution is -2.03. The molecule has 0 N–H and O–H groups in total. The van der Waals surface area contributed by atoms with Crippen molar-refractivity contribution in [1.82, 2.24) is 0 Å². The molecule has 3 nitrogen and oxygen atoms in total. The zero-order valence-electron chi connectivity index (χ0n) is 13.4. The average molecular weight is 312 g/mol. The van der Waals surface area contributed by atoms with Crippen LogP contribution in [0.1, 0.15) is 19.3 Å². The summed E-state index contributed by atoms with van der Waals surface area (Å²) in [6.07, 6.45) is 3.65. The molecule has 1 aliphatic heterocycles. The average Bonchev–Trinajstić information content (AvgIpc) is 3.43. The standard InChI is InChI=1S/C20H24O3/c1-3-7-17(8-4-1)18-9-11-19(12-10-18)22-14-6-2-5-13-21-15-20-16-23-20/h1,3-4,7-12,20H,2,5-6,13-16H2. The van der Waals surface area contributed by atoms with Crippen LogP contribution in [0.25, 0.3) is 11.1 Å². The molecule has 2 aromatic carbocycles. The molecule has 0 bridgehead atoms. The first-order valence-electron chi connectivity index (χ1n) is 8.39. The van der Waals surface area contributed by atoms with Crippen LogP contribution in [-0.2, 0) is 9.47 Å². The Hall–Kier alpha value is -1.84. The van der Waals surface area contributed by atoms with Crippen molar-refractivity contribution in [2.24, 2.45) is 0 Å². The van der Waals surface area contributed by atoms with Crippen molar-refractivity contribution in [3.05, 3.63) is 54.6 Å².